The number of aromatic hydroxyl groups is 1. The highest BCUT2D eigenvalue weighted by atomic mass is 19.1. The number of nitrogens with one attached hydrogen (secondary N) is 2. The molecule has 1 atom stereocenters. The number of phenols is 1. The zero-order chi connectivity index (χ0) is 13.7. The maximum Gasteiger partial charge on any atom is 0.255 e. The zero-order valence-corrected chi connectivity index (χ0v) is 10.2. The summed E-state index contributed by atoms with van der Waals surface area (Å²) in [6, 6.07) is 2.32. The molecule has 0 fully saturated rings. The van der Waals surface area contributed by atoms with Crippen molar-refractivity contribution in [3.8, 4) is 5.75 Å². The van der Waals surface area contributed by atoms with E-state index in [1.54, 1.807) is 6.92 Å². The minimum absolute atomic E-state index is 0.0763. The van der Waals surface area contributed by atoms with E-state index in [9.17, 15) is 19.1 Å². The van der Waals surface area contributed by atoms with Crippen LogP contribution in [0.25, 0.3) is 0 Å². The summed E-state index contributed by atoms with van der Waals surface area (Å²) >= 11 is 0. The number of halogens is 1. The molecular weight excluding hydrogens is 239 g/mol. The van der Waals surface area contributed by atoms with Crippen molar-refractivity contribution in [1.29, 1.82) is 0 Å². The van der Waals surface area contributed by atoms with E-state index in [1.165, 1.54) is 6.92 Å². The lowest BCUT2D eigenvalue weighted by Gasteiger charge is -2.13. The number of carbonyl (C=O) groups excluding carboxylic acids is 2. The summed E-state index contributed by atoms with van der Waals surface area (Å²) in [5.74, 6) is -2.06. The first-order valence-electron chi connectivity index (χ1n) is 5.52. The number of amides is 2. The van der Waals surface area contributed by atoms with Crippen LogP contribution in [-0.4, -0.2) is 29.5 Å². The molecule has 0 spiro atoms. The number of likely N-dealkylation sites (N-methyl/N-ethyl adjacent to an activating group) is 1. The topological polar surface area (TPSA) is 78.4 Å². The molecule has 1 rings (SSSR count). The van der Waals surface area contributed by atoms with Crippen LogP contribution in [0, 0.1) is 5.82 Å². The fourth-order valence-electron chi connectivity index (χ4n) is 1.36. The predicted molar refractivity (Wildman–Crippen MR) is 63.7 cm³/mol. The second kappa shape index (κ2) is 6.00. The Morgan fingerprint density at radius 3 is 2.67 bits per heavy atom. The third kappa shape index (κ3) is 3.44. The number of phenolic OH excluding ortho intramolecular Hbond substituents is 1. The van der Waals surface area contributed by atoms with Crippen molar-refractivity contribution in [3.63, 3.8) is 0 Å². The molecule has 2 amide bonds. The number of benzene rings is 1. The Labute approximate surface area is 104 Å². The Kier molecular flexibility index (Phi) is 4.65. The average Bonchev–Trinajstić information content (AvgIpc) is 2.28. The van der Waals surface area contributed by atoms with Gasteiger partial charge in [0.15, 0.2) is 0 Å². The third-order valence-electron chi connectivity index (χ3n) is 2.30. The van der Waals surface area contributed by atoms with Crippen LogP contribution in [0.4, 0.5) is 4.39 Å². The van der Waals surface area contributed by atoms with Crippen LogP contribution in [0.5, 0.6) is 5.75 Å². The van der Waals surface area contributed by atoms with E-state index in [0.717, 1.165) is 18.2 Å². The van der Waals surface area contributed by atoms with Gasteiger partial charge in [0.2, 0.25) is 5.91 Å². The maximum absolute atomic E-state index is 12.7. The van der Waals surface area contributed by atoms with Gasteiger partial charge in [0.25, 0.3) is 5.91 Å². The summed E-state index contributed by atoms with van der Waals surface area (Å²) in [4.78, 5) is 23.1. The fraction of sp³-hybridized carbons (Fsp3) is 0.333. The molecule has 0 radical (unpaired) electrons. The van der Waals surface area contributed by atoms with Gasteiger partial charge in [0.05, 0.1) is 5.56 Å². The molecule has 1 unspecified atom stereocenters. The van der Waals surface area contributed by atoms with Crippen LogP contribution in [-0.2, 0) is 4.79 Å². The van der Waals surface area contributed by atoms with Crippen molar-refractivity contribution < 1.29 is 19.1 Å². The molecule has 5 nitrogen and oxygen atoms in total. The summed E-state index contributed by atoms with van der Waals surface area (Å²) in [5, 5.41) is 14.4. The van der Waals surface area contributed by atoms with Crippen molar-refractivity contribution in [2.45, 2.75) is 19.9 Å². The molecule has 0 heterocycles. The van der Waals surface area contributed by atoms with Crippen LogP contribution in [0.15, 0.2) is 18.2 Å². The van der Waals surface area contributed by atoms with Gasteiger partial charge in [-0.2, -0.15) is 0 Å². The second-order valence-electron chi connectivity index (χ2n) is 3.75. The molecular formula is C12H15FN2O3. The Morgan fingerprint density at radius 1 is 1.44 bits per heavy atom. The van der Waals surface area contributed by atoms with Crippen LogP contribution in [0.3, 0.4) is 0 Å². The quantitative estimate of drug-likeness (QED) is 0.743. The molecule has 18 heavy (non-hydrogen) atoms. The highest BCUT2D eigenvalue weighted by Gasteiger charge is 2.18. The first kappa shape index (κ1) is 14.0. The SMILES string of the molecule is CCNC(=O)C(C)NC(=O)c1ccc(F)cc1O. The summed E-state index contributed by atoms with van der Waals surface area (Å²) in [7, 11) is 0. The predicted octanol–water partition coefficient (Wildman–Crippen LogP) is 0.786. The number of hydrogen-bond donors (Lipinski definition) is 3. The monoisotopic (exact) mass is 254 g/mol. The third-order valence-corrected chi connectivity index (χ3v) is 2.30. The van der Waals surface area contributed by atoms with Crippen LogP contribution < -0.4 is 10.6 Å². The number of carbonyl (C=O) groups is 2. The van der Waals surface area contributed by atoms with Gasteiger partial charge in [-0.3, -0.25) is 9.59 Å². The highest BCUT2D eigenvalue weighted by molar-refractivity contribution is 5.99. The lowest BCUT2D eigenvalue weighted by molar-refractivity contribution is -0.122. The molecule has 98 valence electrons. The number of rotatable bonds is 4. The van der Waals surface area contributed by atoms with E-state index >= 15 is 0 Å². The van der Waals surface area contributed by atoms with E-state index in [4.69, 9.17) is 0 Å². The van der Waals surface area contributed by atoms with Gasteiger partial charge in [0, 0.05) is 12.6 Å². The Bertz CT molecular complexity index is 463. The van der Waals surface area contributed by atoms with Crippen molar-refractivity contribution in [1.82, 2.24) is 10.6 Å². The highest BCUT2D eigenvalue weighted by Crippen LogP contribution is 2.17. The molecule has 1 aromatic rings. The first-order chi connectivity index (χ1) is 8.45. The van der Waals surface area contributed by atoms with Crippen molar-refractivity contribution in [2.24, 2.45) is 0 Å². The smallest absolute Gasteiger partial charge is 0.255 e. The fourth-order valence-corrected chi connectivity index (χ4v) is 1.36. The molecule has 0 saturated carbocycles. The van der Waals surface area contributed by atoms with Gasteiger partial charge in [-0.05, 0) is 26.0 Å². The molecule has 0 aliphatic heterocycles. The maximum atomic E-state index is 12.7. The van der Waals surface area contributed by atoms with Gasteiger partial charge in [0.1, 0.15) is 17.6 Å². The van der Waals surface area contributed by atoms with Crippen LogP contribution in [0.1, 0.15) is 24.2 Å². The van der Waals surface area contributed by atoms with Gasteiger partial charge in [-0.25, -0.2) is 4.39 Å². The van der Waals surface area contributed by atoms with E-state index in [0.29, 0.717) is 6.54 Å². The molecule has 3 N–H and O–H groups in total. The summed E-state index contributed by atoms with van der Waals surface area (Å²) in [5.41, 5.74) is -0.0763. The van der Waals surface area contributed by atoms with Gasteiger partial charge in [-0.15, -0.1) is 0 Å². The molecule has 0 bridgehead atoms. The lowest BCUT2D eigenvalue weighted by atomic mass is 10.1. The molecule has 0 saturated heterocycles. The van der Waals surface area contributed by atoms with Crippen molar-refractivity contribution in [2.75, 3.05) is 6.54 Å². The van der Waals surface area contributed by atoms with E-state index in [1.807, 2.05) is 0 Å². The van der Waals surface area contributed by atoms with Crippen LogP contribution >= 0.6 is 0 Å². The number of hydrogen-bond acceptors (Lipinski definition) is 3. The van der Waals surface area contributed by atoms with Crippen molar-refractivity contribution >= 4 is 11.8 Å². The van der Waals surface area contributed by atoms with E-state index in [2.05, 4.69) is 10.6 Å². The van der Waals surface area contributed by atoms with Crippen LogP contribution in [0.2, 0.25) is 0 Å². The average molecular weight is 254 g/mol. The van der Waals surface area contributed by atoms with Gasteiger partial charge in [-0.1, -0.05) is 0 Å². The van der Waals surface area contributed by atoms with Gasteiger partial charge >= 0.3 is 0 Å². The molecule has 0 aliphatic rings. The first-order valence-corrected chi connectivity index (χ1v) is 5.52. The standard InChI is InChI=1S/C12H15FN2O3/c1-3-14-11(17)7(2)15-12(18)9-5-4-8(13)6-10(9)16/h4-7,16H,3H2,1-2H3,(H,14,17)(H,15,18). The summed E-state index contributed by atoms with van der Waals surface area (Å²) < 4.78 is 12.7. The zero-order valence-electron chi connectivity index (χ0n) is 10.2. The Hall–Kier alpha value is -2.11. The van der Waals surface area contributed by atoms with Crippen molar-refractivity contribution in [3.05, 3.63) is 29.6 Å². The minimum Gasteiger partial charge on any atom is -0.507 e. The second-order valence-corrected chi connectivity index (χ2v) is 3.75. The summed E-state index contributed by atoms with van der Waals surface area (Å²) in [6.07, 6.45) is 0. The largest absolute Gasteiger partial charge is 0.507 e. The molecule has 0 aliphatic carbocycles. The molecule has 1 aromatic carbocycles. The molecule has 0 aromatic heterocycles. The Morgan fingerprint density at radius 2 is 2.11 bits per heavy atom. The molecule has 6 heteroatoms. The summed E-state index contributed by atoms with van der Waals surface area (Å²) in [6.45, 7) is 3.74. The minimum atomic E-state index is -0.734. The lowest BCUT2D eigenvalue weighted by Crippen LogP contribution is -2.44. The Balaban J connectivity index is 2.73. The van der Waals surface area contributed by atoms with Gasteiger partial charge < -0.3 is 15.7 Å². The van der Waals surface area contributed by atoms with E-state index in [-0.39, 0.29) is 11.5 Å². The normalized spacial score (nSPS) is 11.7. The van der Waals surface area contributed by atoms with E-state index < -0.39 is 23.5 Å².